The number of nitrogens with zero attached hydrogens (tertiary/aromatic N) is 2. The van der Waals surface area contributed by atoms with E-state index in [0.29, 0.717) is 5.69 Å². The highest BCUT2D eigenvalue weighted by molar-refractivity contribution is 5.95. The zero-order chi connectivity index (χ0) is 16.1. The average Bonchev–Trinajstić information content (AvgIpc) is 3.05. The van der Waals surface area contributed by atoms with Gasteiger partial charge in [0.15, 0.2) is 0 Å². The topological polar surface area (TPSA) is 102 Å². The lowest BCUT2D eigenvalue weighted by atomic mass is 10.1. The molecule has 2 rings (SSSR count). The summed E-state index contributed by atoms with van der Waals surface area (Å²) in [7, 11) is 1.16. The third-order valence-electron chi connectivity index (χ3n) is 3.50. The summed E-state index contributed by atoms with van der Waals surface area (Å²) in [4.78, 5) is 35.6. The molecule has 0 spiro atoms. The van der Waals surface area contributed by atoms with Crippen LogP contribution in [0.1, 0.15) is 23.2 Å². The van der Waals surface area contributed by atoms with Crippen LogP contribution in [0.25, 0.3) is 0 Å². The number of nitrogens with one attached hydrogen (secondary N) is 1. The molecule has 0 aromatic heterocycles. The molecule has 0 unspecified atom stereocenters. The lowest BCUT2D eigenvalue weighted by Gasteiger charge is -2.16. The Kier molecular flexibility index (Phi) is 4.92. The first-order valence-electron chi connectivity index (χ1n) is 6.91. The van der Waals surface area contributed by atoms with E-state index < -0.39 is 10.9 Å². The van der Waals surface area contributed by atoms with Crippen molar-refractivity contribution < 1.29 is 19.2 Å². The number of amides is 1. The van der Waals surface area contributed by atoms with Gasteiger partial charge in [-0.05, 0) is 25.0 Å². The Hall–Kier alpha value is -2.64. The normalized spacial score (nSPS) is 13.8. The van der Waals surface area contributed by atoms with Crippen LogP contribution in [0.3, 0.4) is 0 Å². The number of likely N-dealkylation sites (tertiary alicyclic amines) is 1. The lowest BCUT2D eigenvalue weighted by molar-refractivity contribution is -0.385. The molecule has 8 nitrogen and oxygen atoms in total. The number of benzene rings is 1. The number of hydrogen-bond donors (Lipinski definition) is 1. The van der Waals surface area contributed by atoms with E-state index in [1.807, 2.05) is 0 Å². The van der Waals surface area contributed by atoms with Crippen LogP contribution in [0.2, 0.25) is 0 Å². The first-order valence-corrected chi connectivity index (χ1v) is 6.91. The number of methoxy groups -OCH3 is 1. The van der Waals surface area contributed by atoms with E-state index in [1.54, 1.807) is 4.90 Å². The van der Waals surface area contributed by atoms with E-state index in [9.17, 15) is 19.7 Å². The minimum atomic E-state index is -0.791. The Morgan fingerprint density at radius 1 is 1.36 bits per heavy atom. The van der Waals surface area contributed by atoms with Gasteiger partial charge in [-0.3, -0.25) is 14.9 Å². The van der Waals surface area contributed by atoms with Crippen molar-refractivity contribution in [1.82, 2.24) is 4.90 Å². The summed E-state index contributed by atoms with van der Waals surface area (Å²) < 4.78 is 4.54. The molecule has 1 amide bonds. The minimum Gasteiger partial charge on any atom is -0.465 e. The Morgan fingerprint density at radius 2 is 2.05 bits per heavy atom. The summed E-state index contributed by atoms with van der Waals surface area (Å²) in [6.45, 7) is 1.60. The monoisotopic (exact) mass is 307 g/mol. The molecule has 118 valence electrons. The molecule has 0 bridgehead atoms. The highest BCUT2D eigenvalue weighted by Crippen LogP contribution is 2.23. The van der Waals surface area contributed by atoms with Crippen LogP contribution in [0.5, 0.6) is 0 Å². The molecular weight excluding hydrogens is 290 g/mol. The maximum atomic E-state index is 11.9. The van der Waals surface area contributed by atoms with Crippen molar-refractivity contribution in [3.8, 4) is 0 Å². The third kappa shape index (κ3) is 3.51. The highest BCUT2D eigenvalue weighted by atomic mass is 16.6. The molecular formula is C14H17N3O5. The van der Waals surface area contributed by atoms with Crippen molar-refractivity contribution in [3.63, 3.8) is 0 Å². The molecule has 1 saturated heterocycles. The molecule has 1 aliphatic rings. The van der Waals surface area contributed by atoms with E-state index >= 15 is 0 Å². The van der Waals surface area contributed by atoms with Gasteiger partial charge in [0.25, 0.3) is 5.69 Å². The maximum Gasteiger partial charge on any atom is 0.344 e. The second-order valence-corrected chi connectivity index (χ2v) is 4.92. The number of ether oxygens (including phenoxy) is 1. The number of anilines is 1. The van der Waals surface area contributed by atoms with Crippen LogP contribution in [-0.2, 0) is 9.53 Å². The van der Waals surface area contributed by atoms with Gasteiger partial charge in [-0.25, -0.2) is 4.79 Å². The molecule has 0 atom stereocenters. The van der Waals surface area contributed by atoms with E-state index in [4.69, 9.17) is 0 Å². The van der Waals surface area contributed by atoms with Crippen molar-refractivity contribution in [2.24, 2.45) is 0 Å². The Bertz CT molecular complexity index is 596. The molecule has 0 saturated carbocycles. The molecule has 1 heterocycles. The summed E-state index contributed by atoms with van der Waals surface area (Å²) in [5, 5.41) is 13.8. The van der Waals surface area contributed by atoms with Gasteiger partial charge in [-0.2, -0.15) is 0 Å². The van der Waals surface area contributed by atoms with Gasteiger partial charge in [0.1, 0.15) is 5.56 Å². The van der Waals surface area contributed by atoms with Crippen LogP contribution in [0, 0.1) is 10.1 Å². The summed E-state index contributed by atoms with van der Waals surface area (Å²) in [5.41, 5.74) is -0.0204. The van der Waals surface area contributed by atoms with Crippen LogP contribution in [-0.4, -0.2) is 48.4 Å². The Balaban J connectivity index is 2.09. The fourth-order valence-electron chi connectivity index (χ4n) is 2.33. The number of carbonyl (C=O) groups is 2. The molecule has 1 aromatic carbocycles. The number of carbonyl (C=O) groups excluding carboxylic acids is 2. The van der Waals surface area contributed by atoms with Crippen molar-refractivity contribution >= 4 is 23.3 Å². The molecule has 0 radical (unpaired) electrons. The third-order valence-corrected chi connectivity index (χ3v) is 3.50. The number of rotatable bonds is 5. The summed E-state index contributed by atoms with van der Waals surface area (Å²) in [5.74, 6) is -0.823. The number of nitro groups is 1. The Morgan fingerprint density at radius 3 is 2.64 bits per heavy atom. The van der Waals surface area contributed by atoms with Gasteiger partial charge in [-0.1, -0.05) is 0 Å². The van der Waals surface area contributed by atoms with Gasteiger partial charge in [-0.15, -0.1) is 0 Å². The molecule has 1 fully saturated rings. The van der Waals surface area contributed by atoms with E-state index in [-0.39, 0.29) is 23.7 Å². The molecule has 1 N–H and O–H groups in total. The maximum absolute atomic E-state index is 11.9. The number of esters is 1. The molecule has 0 aliphatic carbocycles. The quantitative estimate of drug-likeness (QED) is 0.501. The van der Waals surface area contributed by atoms with Gasteiger partial charge in [0.2, 0.25) is 5.91 Å². The summed E-state index contributed by atoms with van der Waals surface area (Å²) in [6.07, 6.45) is 2.02. The second kappa shape index (κ2) is 6.88. The fraction of sp³-hybridized carbons (Fsp3) is 0.429. The number of nitro benzene ring substituents is 1. The van der Waals surface area contributed by atoms with Crippen LogP contribution < -0.4 is 5.32 Å². The van der Waals surface area contributed by atoms with E-state index in [1.165, 1.54) is 18.2 Å². The standard InChI is InChI=1S/C14H17N3O5/c1-22-14(19)11-8-10(4-5-12(11)17(20)21)15-9-13(18)16-6-2-3-7-16/h4-5,8,15H,2-3,6-7,9H2,1H3. The van der Waals surface area contributed by atoms with Crippen LogP contribution in [0.15, 0.2) is 18.2 Å². The summed E-state index contributed by atoms with van der Waals surface area (Å²) >= 11 is 0. The Labute approximate surface area is 127 Å². The zero-order valence-corrected chi connectivity index (χ0v) is 12.2. The van der Waals surface area contributed by atoms with Crippen LogP contribution >= 0.6 is 0 Å². The smallest absolute Gasteiger partial charge is 0.344 e. The SMILES string of the molecule is COC(=O)c1cc(NCC(=O)N2CCCC2)ccc1[N+](=O)[O-]. The highest BCUT2D eigenvalue weighted by Gasteiger charge is 2.22. The van der Waals surface area contributed by atoms with Gasteiger partial charge >= 0.3 is 5.97 Å². The zero-order valence-electron chi connectivity index (χ0n) is 12.2. The number of hydrogen-bond acceptors (Lipinski definition) is 6. The van der Waals surface area contributed by atoms with E-state index in [0.717, 1.165) is 33.0 Å². The molecule has 22 heavy (non-hydrogen) atoms. The summed E-state index contributed by atoms with van der Waals surface area (Å²) in [6, 6.07) is 4.00. The first kappa shape index (κ1) is 15.7. The first-order chi connectivity index (χ1) is 10.5. The van der Waals surface area contributed by atoms with Gasteiger partial charge in [0.05, 0.1) is 18.6 Å². The molecule has 1 aromatic rings. The van der Waals surface area contributed by atoms with Crippen LogP contribution in [0.4, 0.5) is 11.4 Å². The molecule has 8 heteroatoms. The lowest BCUT2D eigenvalue weighted by Crippen LogP contribution is -2.33. The van der Waals surface area contributed by atoms with Crippen molar-refractivity contribution in [2.75, 3.05) is 32.1 Å². The predicted molar refractivity (Wildman–Crippen MR) is 78.7 cm³/mol. The minimum absolute atomic E-state index is 0.0320. The van der Waals surface area contributed by atoms with Gasteiger partial charge in [0, 0.05) is 24.8 Å². The van der Waals surface area contributed by atoms with E-state index in [2.05, 4.69) is 10.1 Å². The van der Waals surface area contributed by atoms with Crippen molar-refractivity contribution in [1.29, 1.82) is 0 Å². The molecule has 1 aliphatic heterocycles. The van der Waals surface area contributed by atoms with Crippen molar-refractivity contribution in [2.45, 2.75) is 12.8 Å². The fourth-order valence-corrected chi connectivity index (χ4v) is 2.33. The average molecular weight is 307 g/mol. The second-order valence-electron chi connectivity index (χ2n) is 4.92. The van der Waals surface area contributed by atoms with Gasteiger partial charge < -0.3 is 15.0 Å². The van der Waals surface area contributed by atoms with Crippen molar-refractivity contribution in [3.05, 3.63) is 33.9 Å². The predicted octanol–water partition coefficient (Wildman–Crippen LogP) is 1.42. The largest absolute Gasteiger partial charge is 0.465 e.